The van der Waals surface area contributed by atoms with E-state index in [4.69, 9.17) is 4.74 Å². The Bertz CT molecular complexity index is 633. The van der Waals surface area contributed by atoms with Gasteiger partial charge in [0.15, 0.2) is 0 Å². The molecule has 2 aliphatic rings. The number of esters is 2. The maximum Gasteiger partial charge on any atom is 0.330 e. The minimum atomic E-state index is -0.480. The number of amides is 2. The SMILES string of the molecule is COC(=O)C1CN1C(=O)N1CCC(C(=O)OCc2ccccc2)C1. The summed E-state index contributed by atoms with van der Waals surface area (Å²) in [7, 11) is 1.30. The standard InChI is InChI=1S/C17H20N2O5/c1-23-16(21)14-10-19(14)17(22)18-8-7-13(9-18)15(20)24-11-12-5-3-2-4-6-12/h2-6,13-14H,7-11H2,1H3. The van der Waals surface area contributed by atoms with Gasteiger partial charge >= 0.3 is 18.0 Å². The molecule has 2 atom stereocenters. The maximum atomic E-state index is 12.3. The number of hydrogen-bond donors (Lipinski definition) is 0. The summed E-state index contributed by atoms with van der Waals surface area (Å²) in [4.78, 5) is 38.9. The number of rotatable bonds is 4. The molecule has 7 heteroatoms. The van der Waals surface area contributed by atoms with Crippen molar-refractivity contribution in [1.29, 1.82) is 0 Å². The Morgan fingerprint density at radius 3 is 2.58 bits per heavy atom. The Morgan fingerprint density at radius 1 is 1.12 bits per heavy atom. The molecule has 3 rings (SSSR count). The molecule has 1 aromatic carbocycles. The average Bonchev–Trinajstić information content (AvgIpc) is 3.27. The number of nitrogens with zero attached hydrogens (tertiary/aromatic N) is 2. The summed E-state index contributed by atoms with van der Waals surface area (Å²) in [6, 6.07) is 8.77. The predicted octanol–water partition coefficient (Wildman–Crippen LogP) is 1.03. The minimum Gasteiger partial charge on any atom is -0.467 e. The number of carbonyl (C=O) groups excluding carboxylic acids is 3. The zero-order valence-electron chi connectivity index (χ0n) is 13.5. The highest BCUT2D eigenvalue weighted by atomic mass is 16.5. The van der Waals surface area contributed by atoms with Crippen molar-refractivity contribution in [3.63, 3.8) is 0 Å². The van der Waals surface area contributed by atoms with Crippen molar-refractivity contribution < 1.29 is 23.9 Å². The Hall–Kier alpha value is -2.57. The third-order valence-corrected chi connectivity index (χ3v) is 4.35. The fourth-order valence-corrected chi connectivity index (χ4v) is 2.84. The summed E-state index contributed by atoms with van der Waals surface area (Å²) >= 11 is 0. The van der Waals surface area contributed by atoms with E-state index >= 15 is 0 Å². The van der Waals surface area contributed by atoms with Crippen LogP contribution in [0.3, 0.4) is 0 Å². The van der Waals surface area contributed by atoms with Crippen molar-refractivity contribution in [2.45, 2.75) is 19.1 Å². The lowest BCUT2D eigenvalue weighted by molar-refractivity contribution is -0.149. The number of urea groups is 1. The van der Waals surface area contributed by atoms with Crippen LogP contribution >= 0.6 is 0 Å². The normalized spacial score (nSPS) is 22.2. The number of likely N-dealkylation sites (tertiary alicyclic amines) is 1. The van der Waals surface area contributed by atoms with Crippen molar-refractivity contribution in [3.8, 4) is 0 Å². The molecule has 1 aromatic rings. The van der Waals surface area contributed by atoms with Crippen LogP contribution in [0.1, 0.15) is 12.0 Å². The molecule has 2 fully saturated rings. The molecule has 128 valence electrons. The first-order valence-electron chi connectivity index (χ1n) is 7.94. The van der Waals surface area contributed by atoms with Gasteiger partial charge in [-0.2, -0.15) is 0 Å². The Balaban J connectivity index is 1.46. The lowest BCUT2D eigenvalue weighted by atomic mass is 10.1. The Kier molecular flexibility index (Phi) is 4.69. The first-order chi connectivity index (χ1) is 11.6. The van der Waals surface area contributed by atoms with Gasteiger partial charge in [0, 0.05) is 13.1 Å². The molecule has 24 heavy (non-hydrogen) atoms. The zero-order chi connectivity index (χ0) is 17.1. The lowest BCUT2D eigenvalue weighted by Gasteiger charge is -2.17. The summed E-state index contributed by atoms with van der Waals surface area (Å²) in [5, 5.41) is 0. The Morgan fingerprint density at radius 2 is 1.88 bits per heavy atom. The van der Waals surface area contributed by atoms with Crippen LogP contribution in [0.15, 0.2) is 30.3 Å². The second kappa shape index (κ2) is 6.90. The van der Waals surface area contributed by atoms with E-state index in [0.29, 0.717) is 26.1 Å². The van der Waals surface area contributed by atoms with Gasteiger partial charge in [-0.25, -0.2) is 9.59 Å². The van der Waals surface area contributed by atoms with Crippen LogP contribution in [0.4, 0.5) is 4.79 Å². The quantitative estimate of drug-likeness (QED) is 0.608. The second-order valence-corrected chi connectivity index (χ2v) is 6.00. The third-order valence-electron chi connectivity index (χ3n) is 4.35. The lowest BCUT2D eigenvalue weighted by Crippen LogP contribution is -2.35. The van der Waals surface area contributed by atoms with Crippen LogP contribution in [0.5, 0.6) is 0 Å². The van der Waals surface area contributed by atoms with Gasteiger partial charge in [0.2, 0.25) is 0 Å². The molecule has 2 unspecified atom stereocenters. The van der Waals surface area contributed by atoms with Crippen LogP contribution in [-0.4, -0.2) is 60.6 Å². The number of benzene rings is 1. The van der Waals surface area contributed by atoms with Gasteiger partial charge in [0.1, 0.15) is 12.6 Å². The Labute approximate surface area is 140 Å². The molecule has 2 heterocycles. The van der Waals surface area contributed by atoms with Crippen molar-refractivity contribution in [2.75, 3.05) is 26.7 Å². The predicted molar refractivity (Wildman–Crippen MR) is 83.8 cm³/mol. The number of hydrogen-bond acceptors (Lipinski definition) is 5. The highest BCUT2D eigenvalue weighted by Gasteiger charge is 2.48. The molecule has 2 amide bonds. The van der Waals surface area contributed by atoms with E-state index in [1.165, 1.54) is 12.0 Å². The second-order valence-electron chi connectivity index (χ2n) is 6.00. The van der Waals surface area contributed by atoms with Crippen LogP contribution in [-0.2, 0) is 25.7 Å². The number of ether oxygens (including phenoxy) is 2. The summed E-state index contributed by atoms with van der Waals surface area (Å²) in [5.41, 5.74) is 0.932. The molecule has 0 spiro atoms. The maximum absolute atomic E-state index is 12.3. The molecule has 7 nitrogen and oxygen atoms in total. The third kappa shape index (κ3) is 3.50. The van der Waals surface area contributed by atoms with Gasteiger partial charge in [0.25, 0.3) is 0 Å². The molecule has 0 aromatic heterocycles. The molecular formula is C17H20N2O5. The van der Waals surface area contributed by atoms with Crippen LogP contribution < -0.4 is 0 Å². The van der Waals surface area contributed by atoms with Gasteiger partial charge in [-0.15, -0.1) is 0 Å². The first-order valence-corrected chi connectivity index (χ1v) is 7.94. The highest BCUT2D eigenvalue weighted by molar-refractivity contribution is 5.89. The van der Waals surface area contributed by atoms with E-state index in [2.05, 4.69) is 4.74 Å². The molecule has 2 saturated heterocycles. The topological polar surface area (TPSA) is 75.9 Å². The summed E-state index contributed by atoms with van der Waals surface area (Å²) in [5.74, 6) is -1.000. The highest BCUT2D eigenvalue weighted by Crippen LogP contribution is 2.25. The first kappa shape index (κ1) is 16.3. The molecule has 0 saturated carbocycles. The zero-order valence-corrected chi connectivity index (χ0v) is 13.5. The molecule has 0 bridgehead atoms. The molecule has 0 N–H and O–H groups in total. The van der Waals surface area contributed by atoms with Crippen LogP contribution in [0, 0.1) is 5.92 Å². The molecule has 0 aliphatic carbocycles. The summed E-state index contributed by atoms with van der Waals surface area (Å²) in [6.07, 6.45) is 0.579. The van der Waals surface area contributed by atoms with Crippen molar-refractivity contribution in [1.82, 2.24) is 9.80 Å². The van der Waals surface area contributed by atoms with Crippen molar-refractivity contribution >= 4 is 18.0 Å². The van der Waals surface area contributed by atoms with Gasteiger partial charge in [-0.3, -0.25) is 4.79 Å². The largest absolute Gasteiger partial charge is 0.467 e. The van der Waals surface area contributed by atoms with Crippen LogP contribution in [0.2, 0.25) is 0 Å². The van der Waals surface area contributed by atoms with E-state index in [1.807, 2.05) is 30.3 Å². The smallest absolute Gasteiger partial charge is 0.330 e. The summed E-state index contributed by atoms with van der Waals surface area (Å²) in [6.45, 7) is 1.44. The van der Waals surface area contributed by atoms with E-state index in [0.717, 1.165) is 5.56 Å². The fraction of sp³-hybridized carbons (Fsp3) is 0.471. The van der Waals surface area contributed by atoms with Gasteiger partial charge in [-0.1, -0.05) is 30.3 Å². The monoisotopic (exact) mass is 332 g/mol. The van der Waals surface area contributed by atoms with E-state index in [-0.39, 0.29) is 24.5 Å². The minimum absolute atomic E-state index is 0.219. The fourth-order valence-electron chi connectivity index (χ4n) is 2.84. The molecule has 2 aliphatic heterocycles. The van der Waals surface area contributed by atoms with E-state index in [9.17, 15) is 14.4 Å². The van der Waals surface area contributed by atoms with E-state index < -0.39 is 12.0 Å². The average molecular weight is 332 g/mol. The van der Waals surface area contributed by atoms with Crippen molar-refractivity contribution in [2.24, 2.45) is 5.92 Å². The van der Waals surface area contributed by atoms with Gasteiger partial charge < -0.3 is 19.3 Å². The number of carbonyl (C=O) groups is 3. The van der Waals surface area contributed by atoms with Gasteiger partial charge in [-0.05, 0) is 12.0 Å². The summed E-state index contributed by atoms with van der Waals surface area (Å²) < 4.78 is 9.95. The van der Waals surface area contributed by atoms with Crippen molar-refractivity contribution in [3.05, 3.63) is 35.9 Å². The van der Waals surface area contributed by atoms with Gasteiger partial charge in [0.05, 0.1) is 19.6 Å². The van der Waals surface area contributed by atoms with Crippen LogP contribution in [0.25, 0.3) is 0 Å². The number of methoxy groups -OCH3 is 1. The molecular weight excluding hydrogens is 312 g/mol. The van der Waals surface area contributed by atoms with E-state index in [1.54, 1.807) is 4.90 Å². The molecule has 0 radical (unpaired) electrons.